The highest BCUT2D eigenvalue weighted by atomic mass is 32.2. The number of anilines is 1. The number of hydrogen-bond donors (Lipinski definition) is 0. The maximum atomic E-state index is 12.5. The van der Waals surface area contributed by atoms with Crippen molar-refractivity contribution in [1.29, 1.82) is 0 Å². The molecule has 0 N–H and O–H groups in total. The van der Waals surface area contributed by atoms with Gasteiger partial charge in [-0.25, -0.2) is 4.79 Å². The number of hydrogen-bond acceptors (Lipinski definition) is 6. The van der Waals surface area contributed by atoms with E-state index in [0.717, 1.165) is 35.3 Å². The number of thioether (sulfide) groups is 1. The monoisotopic (exact) mass is 374 g/mol. The Labute approximate surface area is 157 Å². The Hall–Kier alpha value is -2.28. The van der Waals surface area contributed by atoms with Crippen LogP contribution in [0.5, 0.6) is 0 Å². The van der Waals surface area contributed by atoms with Gasteiger partial charge in [-0.2, -0.15) is 0 Å². The van der Waals surface area contributed by atoms with Gasteiger partial charge in [0.2, 0.25) is 0 Å². The van der Waals surface area contributed by atoms with Crippen LogP contribution < -0.4 is 4.90 Å². The zero-order valence-corrected chi connectivity index (χ0v) is 15.8. The molecule has 0 spiro atoms. The van der Waals surface area contributed by atoms with Crippen LogP contribution in [0.1, 0.15) is 31.7 Å². The number of ether oxygens (including phenoxy) is 1. The summed E-state index contributed by atoms with van der Waals surface area (Å²) in [5.41, 5.74) is 2.02. The molecule has 2 aliphatic rings. The second-order valence-electron chi connectivity index (χ2n) is 6.39. The summed E-state index contributed by atoms with van der Waals surface area (Å²) < 4.78 is 4.63. The lowest BCUT2D eigenvalue weighted by atomic mass is 10.1. The molecule has 2 heterocycles. The lowest BCUT2D eigenvalue weighted by molar-refractivity contribution is -0.148. The van der Waals surface area contributed by atoms with Gasteiger partial charge < -0.3 is 9.64 Å². The first-order valence-electron chi connectivity index (χ1n) is 8.71. The molecule has 1 aromatic rings. The summed E-state index contributed by atoms with van der Waals surface area (Å²) in [5.74, 6) is -1.07. The number of nitrogens with zero attached hydrogens (tertiary/aromatic N) is 2. The van der Waals surface area contributed by atoms with Crippen LogP contribution in [-0.4, -0.2) is 48.3 Å². The van der Waals surface area contributed by atoms with Crippen molar-refractivity contribution in [2.24, 2.45) is 0 Å². The third-order valence-electron chi connectivity index (χ3n) is 4.67. The number of imide groups is 1. The first kappa shape index (κ1) is 18.5. The molecule has 0 aromatic heterocycles. The number of piperidine rings is 1. The third kappa shape index (κ3) is 3.77. The Bertz CT molecular complexity index is 738. The van der Waals surface area contributed by atoms with Crippen LogP contribution in [0.25, 0.3) is 6.08 Å². The number of benzene rings is 1. The van der Waals surface area contributed by atoms with Crippen molar-refractivity contribution in [2.45, 2.75) is 32.2 Å². The Morgan fingerprint density at radius 2 is 1.81 bits per heavy atom. The molecule has 0 bridgehead atoms. The number of carbonyl (C=O) groups is 3. The first-order chi connectivity index (χ1) is 12.5. The zero-order chi connectivity index (χ0) is 18.7. The maximum Gasteiger partial charge on any atom is 0.328 e. The smallest absolute Gasteiger partial charge is 0.328 e. The number of methoxy groups -OCH3 is 1. The predicted octanol–water partition coefficient (Wildman–Crippen LogP) is 3.27. The number of esters is 1. The molecular formula is C19H22N2O4S. The van der Waals surface area contributed by atoms with Crippen molar-refractivity contribution < 1.29 is 19.1 Å². The van der Waals surface area contributed by atoms with Crippen LogP contribution in [0.3, 0.4) is 0 Å². The van der Waals surface area contributed by atoms with Gasteiger partial charge in [-0.3, -0.25) is 14.5 Å². The number of carbonyl (C=O) groups excluding carboxylic acids is 3. The van der Waals surface area contributed by atoms with Crippen LogP contribution in [0.4, 0.5) is 10.5 Å². The molecule has 0 saturated carbocycles. The summed E-state index contributed by atoms with van der Waals surface area (Å²) in [4.78, 5) is 39.9. The van der Waals surface area contributed by atoms with Gasteiger partial charge in [0.1, 0.15) is 6.04 Å². The minimum absolute atomic E-state index is 0.316. The van der Waals surface area contributed by atoms with E-state index in [-0.39, 0.29) is 0 Å². The van der Waals surface area contributed by atoms with Gasteiger partial charge in [-0.1, -0.05) is 12.1 Å². The van der Waals surface area contributed by atoms with Gasteiger partial charge in [0.25, 0.3) is 11.1 Å². The van der Waals surface area contributed by atoms with Crippen molar-refractivity contribution in [3.8, 4) is 0 Å². The Kier molecular flexibility index (Phi) is 5.66. The van der Waals surface area contributed by atoms with E-state index in [9.17, 15) is 14.4 Å². The largest absolute Gasteiger partial charge is 0.467 e. The third-order valence-corrected chi connectivity index (χ3v) is 5.55. The average molecular weight is 374 g/mol. The van der Waals surface area contributed by atoms with E-state index >= 15 is 0 Å². The molecule has 3 rings (SSSR count). The van der Waals surface area contributed by atoms with Crippen molar-refractivity contribution in [2.75, 3.05) is 25.1 Å². The number of rotatable bonds is 4. The molecule has 2 saturated heterocycles. The fraction of sp³-hybridized carbons (Fsp3) is 0.421. The van der Waals surface area contributed by atoms with Gasteiger partial charge in [0.05, 0.1) is 12.0 Å². The Balaban J connectivity index is 1.74. The Morgan fingerprint density at radius 3 is 2.42 bits per heavy atom. The Morgan fingerprint density at radius 1 is 1.15 bits per heavy atom. The van der Waals surface area contributed by atoms with Crippen molar-refractivity contribution >= 4 is 40.6 Å². The second kappa shape index (κ2) is 7.95. The molecule has 2 amide bonds. The summed E-state index contributed by atoms with van der Waals surface area (Å²) in [6.07, 6.45) is 5.41. The molecule has 7 heteroatoms. The molecule has 0 radical (unpaired) electrons. The van der Waals surface area contributed by atoms with E-state index in [2.05, 4.69) is 9.64 Å². The summed E-state index contributed by atoms with van der Waals surface area (Å²) in [6, 6.07) is 7.04. The van der Waals surface area contributed by atoms with Crippen molar-refractivity contribution in [3.05, 3.63) is 34.7 Å². The molecule has 1 aromatic carbocycles. The quantitative estimate of drug-likeness (QED) is 0.595. The molecule has 2 aliphatic heterocycles. The van der Waals surface area contributed by atoms with Gasteiger partial charge in [-0.15, -0.1) is 0 Å². The van der Waals surface area contributed by atoms with E-state index in [1.165, 1.54) is 39.0 Å². The van der Waals surface area contributed by atoms with E-state index in [0.29, 0.717) is 4.91 Å². The molecule has 6 nitrogen and oxygen atoms in total. The predicted molar refractivity (Wildman–Crippen MR) is 102 cm³/mol. The molecule has 0 unspecified atom stereocenters. The van der Waals surface area contributed by atoms with Crippen LogP contribution in [-0.2, 0) is 14.3 Å². The summed E-state index contributed by atoms with van der Waals surface area (Å²) in [6.45, 7) is 3.63. The lowest BCUT2D eigenvalue weighted by Crippen LogP contribution is -2.42. The van der Waals surface area contributed by atoms with Gasteiger partial charge in [0, 0.05) is 18.8 Å². The molecule has 0 aliphatic carbocycles. The van der Waals surface area contributed by atoms with Gasteiger partial charge in [0.15, 0.2) is 0 Å². The van der Waals surface area contributed by atoms with Crippen LogP contribution in [0, 0.1) is 0 Å². The van der Waals surface area contributed by atoms with E-state index < -0.39 is 23.2 Å². The summed E-state index contributed by atoms with van der Waals surface area (Å²) in [5, 5.41) is -0.455. The average Bonchev–Trinajstić information content (AvgIpc) is 2.95. The standard InChI is InChI=1S/C19H22N2O4S/c1-13(18(23)25-2)21-17(22)16(26-19(21)24)12-14-6-8-15(9-7-14)20-10-4-3-5-11-20/h6-9,12-13H,3-5,10-11H2,1-2H3/b16-12+/t13-/m1/s1. The zero-order valence-electron chi connectivity index (χ0n) is 14.9. The number of amides is 2. The van der Waals surface area contributed by atoms with E-state index in [1.807, 2.05) is 24.3 Å². The highest BCUT2D eigenvalue weighted by Gasteiger charge is 2.41. The molecule has 1 atom stereocenters. The maximum absolute atomic E-state index is 12.5. The van der Waals surface area contributed by atoms with Crippen molar-refractivity contribution in [1.82, 2.24) is 4.90 Å². The topological polar surface area (TPSA) is 66.9 Å². The summed E-state index contributed by atoms with van der Waals surface area (Å²) >= 11 is 0.845. The first-order valence-corrected chi connectivity index (χ1v) is 9.53. The highest BCUT2D eigenvalue weighted by molar-refractivity contribution is 8.18. The molecular weight excluding hydrogens is 352 g/mol. The molecule has 26 heavy (non-hydrogen) atoms. The van der Waals surface area contributed by atoms with Crippen LogP contribution >= 0.6 is 11.8 Å². The molecule has 138 valence electrons. The normalized spacial score (nSPS) is 20.6. The fourth-order valence-electron chi connectivity index (χ4n) is 3.17. The minimum Gasteiger partial charge on any atom is -0.467 e. The van der Waals surface area contributed by atoms with Gasteiger partial charge in [-0.05, 0) is 61.7 Å². The summed E-state index contributed by atoms with van der Waals surface area (Å²) in [7, 11) is 1.23. The highest BCUT2D eigenvalue weighted by Crippen LogP contribution is 2.34. The second-order valence-corrected chi connectivity index (χ2v) is 7.38. The van der Waals surface area contributed by atoms with Crippen LogP contribution in [0.2, 0.25) is 0 Å². The van der Waals surface area contributed by atoms with E-state index in [4.69, 9.17) is 0 Å². The van der Waals surface area contributed by atoms with E-state index in [1.54, 1.807) is 6.08 Å². The van der Waals surface area contributed by atoms with Crippen molar-refractivity contribution in [3.63, 3.8) is 0 Å². The van der Waals surface area contributed by atoms with Crippen LogP contribution in [0.15, 0.2) is 29.2 Å². The molecule has 2 fully saturated rings. The minimum atomic E-state index is -0.931. The SMILES string of the molecule is COC(=O)[C@@H](C)N1C(=O)S/C(=C/c2ccc(N3CCCCC3)cc2)C1=O. The lowest BCUT2D eigenvalue weighted by Gasteiger charge is -2.28. The fourth-order valence-corrected chi connectivity index (χ4v) is 4.08. The van der Waals surface area contributed by atoms with Gasteiger partial charge >= 0.3 is 5.97 Å².